The van der Waals surface area contributed by atoms with Gasteiger partial charge in [-0.1, -0.05) is 45.4 Å². The Kier molecular flexibility index (Phi) is 5.37. The van der Waals surface area contributed by atoms with Crippen LogP contribution in [0.2, 0.25) is 0 Å². The first-order valence-electron chi connectivity index (χ1n) is 8.20. The van der Waals surface area contributed by atoms with Gasteiger partial charge in [0.25, 0.3) is 0 Å². The Morgan fingerprint density at radius 3 is 2.35 bits per heavy atom. The van der Waals surface area contributed by atoms with E-state index >= 15 is 0 Å². The number of imidazole rings is 1. The first-order chi connectivity index (χ1) is 11.1. The molecule has 122 valence electrons. The van der Waals surface area contributed by atoms with Gasteiger partial charge in [-0.25, -0.2) is 4.98 Å². The summed E-state index contributed by atoms with van der Waals surface area (Å²) in [6.07, 6.45) is 5.65. The van der Waals surface area contributed by atoms with E-state index in [0.717, 1.165) is 22.8 Å². The molecule has 0 unspecified atom stereocenters. The van der Waals surface area contributed by atoms with E-state index in [-0.39, 0.29) is 0 Å². The van der Waals surface area contributed by atoms with Crippen LogP contribution in [-0.2, 0) is 0 Å². The van der Waals surface area contributed by atoms with Gasteiger partial charge in [-0.3, -0.25) is 9.38 Å². The van der Waals surface area contributed by atoms with Gasteiger partial charge in [0.1, 0.15) is 11.3 Å². The molecule has 0 N–H and O–H groups in total. The molecule has 0 atom stereocenters. The molecule has 0 saturated heterocycles. The quantitative estimate of drug-likeness (QED) is 0.686. The molecule has 1 aromatic carbocycles. The molecule has 0 radical (unpaired) electrons. The zero-order valence-electron chi connectivity index (χ0n) is 14.9. The molecule has 0 aliphatic heterocycles. The number of aromatic nitrogens is 3. The van der Waals surface area contributed by atoms with Gasteiger partial charge >= 0.3 is 0 Å². The summed E-state index contributed by atoms with van der Waals surface area (Å²) in [5.74, 6) is 2.36. The molecule has 0 saturated carbocycles. The number of fused-ring (bicyclic) bond motifs is 1. The molecule has 0 aliphatic carbocycles. The van der Waals surface area contributed by atoms with Crippen LogP contribution in [0.3, 0.4) is 0 Å². The Hall–Kier alpha value is -2.36. The number of anilines is 2. The van der Waals surface area contributed by atoms with E-state index in [2.05, 4.69) is 59.3 Å². The summed E-state index contributed by atoms with van der Waals surface area (Å²) in [6.45, 7) is 10.4. The maximum atomic E-state index is 4.84. The molecule has 0 spiro atoms. The largest absolute Gasteiger partial charge is 0.328 e. The van der Waals surface area contributed by atoms with Crippen molar-refractivity contribution in [1.82, 2.24) is 14.4 Å². The van der Waals surface area contributed by atoms with Crippen LogP contribution in [0.15, 0.2) is 42.9 Å². The number of nitrogens with zero attached hydrogens (tertiary/aromatic N) is 4. The molecule has 0 fully saturated rings. The van der Waals surface area contributed by atoms with Crippen LogP contribution >= 0.6 is 0 Å². The maximum Gasteiger partial charge on any atom is 0.160 e. The first kappa shape index (κ1) is 17.0. The molecule has 2 aromatic heterocycles. The number of hydrogen-bond donors (Lipinski definition) is 0. The number of hydrogen-bond acceptors (Lipinski definition) is 3. The smallest absolute Gasteiger partial charge is 0.160 e. The number of aryl methyl sites for hydroxylation is 1. The van der Waals surface area contributed by atoms with Crippen LogP contribution in [0.25, 0.3) is 5.52 Å². The Morgan fingerprint density at radius 1 is 1.09 bits per heavy atom. The molecule has 3 aromatic rings. The summed E-state index contributed by atoms with van der Waals surface area (Å²) in [6, 6.07) is 8.47. The average Bonchev–Trinajstić information content (AvgIpc) is 2.97. The van der Waals surface area contributed by atoms with Gasteiger partial charge in [-0.05, 0) is 19.1 Å². The molecule has 0 amide bonds. The molecular formula is C19H26N4. The minimum Gasteiger partial charge on any atom is -0.328 e. The summed E-state index contributed by atoms with van der Waals surface area (Å²) < 4.78 is 2.12. The topological polar surface area (TPSA) is 33.4 Å². The van der Waals surface area contributed by atoms with Crippen LogP contribution < -0.4 is 4.90 Å². The Labute approximate surface area is 138 Å². The standard InChI is InChI=1S/C17H20N4.C2H6/c1-12(2)16-19-17(15-11-18-9-10-21(15)16)20(4)14-7-5-13(3)6-8-14;1-2/h5-12H,1-4H3;1-2H3. The van der Waals surface area contributed by atoms with Crippen LogP contribution in [-0.4, -0.2) is 21.4 Å². The van der Waals surface area contributed by atoms with E-state index in [1.807, 2.05) is 33.3 Å². The molecule has 2 heterocycles. The van der Waals surface area contributed by atoms with Crippen molar-refractivity contribution >= 4 is 17.0 Å². The van der Waals surface area contributed by atoms with Crippen molar-refractivity contribution in [3.8, 4) is 0 Å². The van der Waals surface area contributed by atoms with E-state index in [1.165, 1.54) is 5.56 Å². The summed E-state index contributed by atoms with van der Waals surface area (Å²) in [5, 5.41) is 0. The van der Waals surface area contributed by atoms with Crippen molar-refractivity contribution < 1.29 is 0 Å². The van der Waals surface area contributed by atoms with E-state index in [0.29, 0.717) is 5.92 Å². The molecular weight excluding hydrogens is 284 g/mol. The third-order valence-electron chi connectivity index (χ3n) is 3.71. The lowest BCUT2D eigenvalue weighted by molar-refractivity contribution is 0.768. The van der Waals surface area contributed by atoms with Crippen molar-refractivity contribution in [3.63, 3.8) is 0 Å². The fraction of sp³-hybridized carbons (Fsp3) is 0.368. The van der Waals surface area contributed by atoms with Gasteiger partial charge in [0, 0.05) is 31.0 Å². The van der Waals surface area contributed by atoms with Crippen molar-refractivity contribution in [2.24, 2.45) is 0 Å². The number of benzene rings is 1. The van der Waals surface area contributed by atoms with Crippen molar-refractivity contribution in [2.45, 2.75) is 40.5 Å². The zero-order chi connectivity index (χ0) is 17.0. The lowest BCUT2D eigenvalue weighted by Crippen LogP contribution is -2.10. The third-order valence-corrected chi connectivity index (χ3v) is 3.71. The van der Waals surface area contributed by atoms with Gasteiger partial charge in [0.15, 0.2) is 5.82 Å². The Balaban J connectivity index is 0.000000924. The fourth-order valence-corrected chi connectivity index (χ4v) is 2.49. The van der Waals surface area contributed by atoms with E-state index in [4.69, 9.17) is 4.98 Å². The molecule has 0 aliphatic rings. The maximum absolute atomic E-state index is 4.84. The summed E-state index contributed by atoms with van der Waals surface area (Å²) in [7, 11) is 2.05. The summed E-state index contributed by atoms with van der Waals surface area (Å²) in [5.41, 5.74) is 3.41. The van der Waals surface area contributed by atoms with Gasteiger partial charge in [-0.2, -0.15) is 0 Å². The number of rotatable bonds is 3. The van der Waals surface area contributed by atoms with Gasteiger partial charge in [0.05, 0.1) is 6.20 Å². The van der Waals surface area contributed by atoms with Crippen LogP contribution in [0, 0.1) is 6.92 Å². The van der Waals surface area contributed by atoms with E-state index in [9.17, 15) is 0 Å². The third kappa shape index (κ3) is 3.36. The highest BCUT2D eigenvalue weighted by Gasteiger charge is 2.17. The lowest BCUT2D eigenvalue weighted by Gasteiger charge is -2.17. The summed E-state index contributed by atoms with van der Waals surface area (Å²) in [4.78, 5) is 11.2. The highest BCUT2D eigenvalue weighted by molar-refractivity contribution is 5.75. The van der Waals surface area contributed by atoms with E-state index in [1.54, 1.807) is 6.20 Å². The van der Waals surface area contributed by atoms with E-state index < -0.39 is 0 Å². The SMILES string of the molecule is CC.Cc1ccc(N(C)c2nc(C(C)C)n3ccncc23)cc1. The summed E-state index contributed by atoms with van der Waals surface area (Å²) >= 11 is 0. The highest BCUT2D eigenvalue weighted by Crippen LogP contribution is 2.29. The zero-order valence-corrected chi connectivity index (χ0v) is 14.9. The van der Waals surface area contributed by atoms with Crippen molar-refractivity contribution in [1.29, 1.82) is 0 Å². The van der Waals surface area contributed by atoms with Crippen molar-refractivity contribution in [2.75, 3.05) is 11.9 Å². The fourth-order valence-electron chi connectivity index (χ4n) is 2.49. The second-order valence-corrected chi connectivity index (χ2v) is 5.67. The minimum atomic E-state index is 0.361. The van der Waals surface area contributed by atoms with Crippen LogP contribution in [0.4, 0.5) is 11.5 Å². The molecule has 4 heteroatoms. The molecule has 4 nitrogen and oxygen atoms in total. The molecule has 0 bridgehead atoms. The minimum absolute atomic E-state index is 0.361. The predicted molar refractivity (Wildman–Crippen MR) is 97.7 cm³/mol. The highest BCUT2D eigenvalue weighted by atomic mass is 15.2. The van der Waals surface area contributed by atoms with Crippen LogP contribution in [0.5, 0.6) is 0 Å². The normalized spacial score (nSPS) is 10.6. The second-order valence-electron chi connectivity index (χ2n) is 5.67. The molecule has 23 heavy (non-hydrogen) atoms. The van der Waals surface area contributed by atoms with Gasteiger partial charge in [-0.15, -0.1) is 0 Å². The predicted octanol–water partition coefficient (Wildman–Crippen LogP) is 4.96. The Morgan fingerprint density at radius 2 is 1.74 bits per heavy atom. The van der Waals surface area contributed by atoms with Gasteiger partial charge in [0.2, 0.25) is 0 Å². The molecule has 3 rings (SSSR count). The first-order valence-corrected chi connectivity index (χ1v) is 8.20. The van der Waals surface area contributed by atoms with Crippen LogP contribution in [0.1, 0.15) is 45.0 Å². The second kappa shape index (κ2) is 7.27. The monoisotopic (exact) mass is 310 g/mol. The average molecular weight is 310 g/mol. The lowest BCUT2D eigenvalue weighted by atomic mass is 10.2. The van der Waals surface area contributed by atoms with Crippen molar-refractivity contribution in [3.05, 3.63) is 54.2 Å². The van der Waals surface area contributed by atoms with Gasteiger partial charge < -0.3 is 4.90 Å². The Bertz CT molecular complexity index is 757.